The molecule has 2 N–H and O–H groups in total. The van der Waals surface area contributed by atoms with Crippen LogP contribution in [0.1, 0.15) is 18.9 Å². The fourth-order valence-electron chi connectivity index (χ4n) is 3.89. The van der Waals surface area contributed by atoms with Gasteiger partial charge in [-0.05, 0) is 55.3 Å². The molecule has 0 aliphatic heterocycles. The number of hydrogen-bond donors (Lipinski definition) is 2. The van der Waals surface area contributed by atoms with Crippen molar-refractivity contribution in [2.45, 2.75) is 18.9 Å². The minimum atomic E-state index is -0.581. The lowest BCUT2D eigenvalue weighted by atomic mass is 10.2. The van der Waals surface area contributed by atoms with E-state index in [0.717, 1.165) is 0 Å². The zero-order valence-electron chi connectivity index (χ0n) is 17.4. The van der Waals surface area contributed by atoms with Gasteiger partial charge < -0.3 is 10.4 Å². The Morgan fingerprint density at radius 3 is 2.36 bits per heavy atom. The first-order chi connectivity index (χ1) is 15.8. The van der Waals surface area contributed by atoms with Crippen LogP contribution in [0.15, 0.2) is 67.4 Å². The Hall–Kier alpha value is -3.66. The molecule has 8 nitrogen and oxygen atoms in total. The zero-order chi connectivity index (χ0) is 23.4. The van der Waals surface area contributed by atoms with E-state index in [0.29, 0.717) is 23.0 Å². The number of phenols is 1. The number of aromatic nitrogens is 3. The van der Waals surface area contributed by atoms with Crippen molar-refractivity contribution < 1.29 is 9.50 Å². The molecule has 0 amide bonds. The number of aryl methyl sites for hydroxylation is 1. The first-order valence-electron chi connectivity index (χ1n) is 10.2. The van der Waals surface area contributed by atoms with Crippen molar-refractivity contribution >= 4 is 38.3 Å². The van der Waals surface area contributed by atoms with E-state index in [1.807, 2.05) is 0 Å². The second-order valence-electron chi connectivity index (χ2n) is 7.94. The van der Waals surface area contributed by atoms with E-state index < -0.39 is 22.6 Å². The van der Waals surface area contributed by atoms with Crippen LogP contribution in [0.25, 0.3) is 16.7 Å². The molecule has 168 valence electrons. The summed E-state index contributed by atoms with van der Waals surface area (Å²) in [5.41, 5.74) is -1.00. The fraction of sp³-hybridized carbons (Fsp3) is 0.174. The molecule has 5 rings (SSSR count). The van der Waals surface area contributed by atoms with E-state index in [9.17, 15) is 23.9 Å². The smallest absolute Gasteiger partial charge is 0.337 e. The number of benzene rings is 2. The Morgan fingerprint density at radius 1 is 1.03 bits per heavy atom. The van der Waals surface area contributed by atoms with Gasteiger partial charge in [0.15, 0.2) is 0 Å². The summed E-state index contributed by atoms with van der Waals surface area (Å²) in [5.74, 6) is -0.568. The lowest BCUT2D eigenvalue weighted by molar-refractivity contribution is 0.475. The predicted octanol–water partition coefficient (Wildman–Crippen LogP) is 3.54. The molecule has 0 unspecified atom stereocenters. The van der Waals surface area contributed by atoms with Crippen LogP contribution < -0.4 is 22.1 Å². The molecule has 0 atom stereocenters. The molecule has 33 heavy (non-hydrogen) atoms. The van der Waals surface area contributed by atoms with Crippen LogP contribution >= 0.6 is 15.9 Å². The maximum Gasteiger partial charge on any atom is 0.337 e. The topological polar surface area (TPSA) is 98.3 Å². The van der Waals surface area contributed by atoms with Gasteiger partial charge in [0.2, 0.25) is 0 Å². The Kier molecular flexibility index (Phi) is 4.97. The predicted molar refractivity (Wildman–Crippen MR) is 126 cm³/mol. The van der Waals surface area contributed by atoms with Crippen LogP contribution in [0, 0.1) is 5.82 Å². The van der Waals surface area contributed by atoms with Crippen molar-refractivity contribution in [3.8, 4) is 11.4 Å². The van der Waals surface area contributed by atoms with Gasteiger partial charge in [0.1, 0.15) is 22.6 Å². The van der Waals surface area contributed by atoms with E-state index >= 15 is 0 Å². The molecule has 10 heteroatoms. The van der Waals surface area contributed by atoms with E-state index in [1.54, 1.807) is 6.07 Å². The Morgan fingerprint density at radius 2 is 1.73 bits per heavy atom. The van der Waals surface area contributed by atoms with Crippen LogP contribution in [-0.2, 0) is 7.05 Å². The molecule has 0 radical (unpaired) electrons. The molecule has 2 aromatic carbocycles. The van der Waals surface area contributed by atoms with Crippen molar-refractivity contribution in [2.24, 2.45) is 7.05 Å². The fourth-order valence-corrected chi connectivity index (χ4v) is 4.22. The van der Waals surface area contributed by atoms with E-state index in [4.69, 9.17) is 0 Å². The minimum Gasteiger partial charge on any atom is -0.508 e. The summed E-state index contributed by atoms with van der Waals surface area (Å²) in [6.07, 6.45) is 1.37. The molecule has 0 saturated heterocycles. The van der Waals surface area contributed by atoms with Crippen molar-refractivity contribution in [2.75, 3.05) is 5.32 Å². The highest BCUT2D eigenvalue weighted by molar-refractivity contribution is 9.10. The number of pyridine rings is 1. The van der Waals surface area contributed by atoms with Crippen LogP contribution in [0.3, 0.4) is 0 Å². The third-order valence-corrected chi connectivity index (χ3v) is 6.16. The molecule has 2 aromatic heterocycles. The third-order valence-electron chi connectivity index (χ3n) is 5.67. The summed E-state index contributed by atoms with van der Waals surface area (Å²) in [6, 6.07) is 11.2. The zero-order valence-corrected chi connectivity index (χ0v) is 19.0. The molecule has 4 aromatic rings. The molecule has 1 aliphatic rings. The van der Waals surface area contributed by atoms with E-state index in [-0.39, 0.29) is 34.2 Å². The maximum atomic E-state index is 14.5. The highest BCUT2D eigenvalue weighted by atomic mass is 79.9. The van der Waals surface area contributed by atoms with E-state index in [2.05, 4.69) is 21.2 Å². The van der Waals surface area contributed by atoms with Gasteiger partial charge in [-0.3, -0.25) is 18.7 Å². The van der Waals surface area contributed by atoms with Crippen LogP contribution in [-0.4, -0.2) is 18.8 Å². The number of anilines is 2. The maximum absolute atomic E-state index is 14.5. The highest BCUT2D eigenvalue weighted by Gasteiger charge is 2.31. The van der Waals surface area contributed by atoms with Crippen molar-refractivity contribution in [1.82, 2.24) is 13.7 Å². The number of halogens is 2. The van der Waals surface area contributed by atoms with Gasteiger partial charge in [0.05, 0.1) is 17.1 Å². The standard InChI is InChI=1S/C23H18BrFN4O4/c1-27-19(31)11-18(26-17-9-2-12(24)10-16(17)25)20-21(27)28(13-5-7-15(30)8-6-13)23(33)29(22(20)32)14-3-4-14/h2,5-11,14,26,30H,3-4H2,1H3. The second-order valence-corrected chi connectivity index (χ2v) is 8.86. The molecule has 1 fully saturated rings. The number of nitrogens with zero attached hydrogens (tertiary/aromatic N) is 3. The monoisotopic (exact) mass is 512 g/mol. The van der Waals surface area contributed by atoms with Gasteiger partial charge in [0.25, 0.3) is 11.1 Å². The van der Waals surface area contributed by atoms with Gasteiger partial charge in [-0.25, -0.2) is 13.8 Å². The number of aromatic hydroxyl groups is 1. The molecule has 1 aliphatic carbocycles. The summed E-state index contributed by atoms with van der Waals surface area (Å²) in [4.78, 5) is 39.8. The quantitative estimate of drug-likeness (QED) is 0.435. The lowest BCUT2D eigenvalue weighted by Gasteiger charge is -2.19. The largest absolute Gasteiger partial charge is 0.508 e. The summed E-state index contributed by atoms with van der Waals surface area (Å²) in [6.45, 7) is 0. The lowest BCUT2D eigenvalue weighted by Crippen LogP contribution is -2.41. The first-order valence-corrected chi connectivity index (χ1v) is 11.0. The average Bonchev–Trinajstić information content (AvgIpc) is 3.59. The van der Waals surface area contributed by atoms with Gasteiger partial charge in [0, 0.05) is 23.6 Å². The van der Waals surface area contributed by atoms with Gasteiger partial charge in [-0.15, -0.1) is 0 Å². The van der Waals surface area contributed by atoms with Crippen molar-refractivity contribution in [1.29, 1.82) is 0 Å². The normalized spacial score (nSPS) is 13.4. The second kappa shape index (κ2) is 7.73. The average molecular weight is 513 g/mol. The number of nitrogens with one attached hydrogen (secondary N) is 1. The summed E-state index contributed by atoms with van der Waals surface area (Å²) < 4.78 is 18.8. The van der Waals surface area contributed by atoms with Gasteiger partial charge in [-0.1, -0.05) is 15.9 Å². The first kappa shape index (κ1) is 21.2. The summed E-state index contributed by atoms with van der Waals surface area (Å²) in [5, 5.41) is 12.6. The van der Waals surface area contributed by atoms with Gasteiger partial charge in [-0.2, -0.15) is 0 Å². The molecule has 1 saturated carbocycles. The molecule has 0 bridgehead atoms. The number of hydrogen-bond acceptors (Lipinski definition) is 5. The van der Waals surface area contributed by atoms with E-state index in [1.165, 1.54) is 63.2 Å². The summed E-state index contributed by atoms with van der Waals surface area (Å²) in [7, 11) is 1.46. The summed E-state index contributed by atoms with van der Waals surface area (Å²) >= 11 is 3.20. The van der Waals surface area contributed by atoms with Crippen molar-refractivity contribution in [3.05, 3.63) is 90.0 Å². The third kappa shape index (κ3) is 3.56. The molecule has 0 spiro atoms. The Labute approximate surface area is 194 Å². The Balaban J connectivity index is 1.90. The molecular formula is C23H18BrFN4O4. The van der Waals surface area contributed by atoms with Crippen LogP contribution in [0.4, 0.5) is 15.8 Å². The Bertz CT molecular complexity index is 1600. The number of rotatable bonds is 4. The molecule has 2 heterocycles. The van der Waals surface area contributed by atoms with Crippen LogP contribution in [0.2, 0.25) is 0 Å². The SMILES string of the molecule is Cn1c(=O)cc(Nc2ccc(Br)cc2F)c2c(=O)n(C3CC3)c(=O)n(-c3ccc(O)cc3)c21. The number of fused-ring (bicyclic) bond motifs is 1. The van der Waals surface area contributed by atoms with Crippen LogP contribution in [0.5, 0.6) is 5.75 Å². The van der Waals surface area contributed by atoms with Crippen molar-refractivity contribution in [3.63, 3.8) is 0 Å². The molecular weight excluding hydrogens is 495 g/mol. The van der Waals surface area contributed by atoms with Gasteiger partial charge >= 0.3 is 5.69 Å². The highest BCUT2D eigenvalue weighted by Crippen LogP contribution is 2.34. The number of phenolic OH excluding ortho intramolecular Hbond substituents is 1. The minimum absolute atomic E-state index is 0.00794.